The van der Waals surface area contributed by atoms with Gasteiger partial charge in [0.2, 0.25) is 0 Å². The lowest BCUT2D eigenvalue weighted by molar-refractivity contribution is 0.623. The van der Waals surface area contributed by atoms with Crippen LogP contribution in [0.15, 0.2) is 12.4 Å². The van der Waals surface area contributed by atoms with E-state index in [1.165, 1.54) is 10.6 Å². The van der Waals surface area contributed by atoms with Crippen LogP contribution in [0.1, 0.15) is 43.3 Å². The summed E-state index contributed by atoms with van der Waals surface area (Å²) in [5.41, 5.74) is 2.26. The van der Waals surface area contributed by atoms with Gasteiger partial charge in [-0.05, 0) is 37.8 Å². The summed E-state index contributed by atoms with van der Waals surface area (Å²) in [6.07, 6.45) is 5.85. The van der Waals surface area contributed by atoms with Crippen LogP contribution in [0.2, 0.25) is 0 Å². The first-order chi connectivity index (χ1) is 10.1. The maximum atomic E-state index is 4.78. The van der Waals surface area contributed by atoms with Gasteiger partial charge in [-0.2, -0.15) is 0 Å². The molecule has 2 rings (SSSR count). The van der Waals surface area contributed by atoms with Crippen molar-refractivity contribution in [3.05, 3.63) is 28.5 Å². The monoisotopic (exact) mass is 304 g/mol. The summed E-state index contributed by atoms with van der Waals surface area (Å²) in [7, 11) is 0. The van der Waals surface area contributed by atoms with Crippen molar-refractivity contribution in [2.45, 2.75) is 47.1 Å². The van der Waals surface area contributed by atoms with Crippen molar-refractivity contribution in [3.63, 3.8) is 0 Å². The Labute approximate surface area is 131 Å². The molecule has 0 aliphatic carbocycles. The average molecular weight is 304 g/mol. The van der Waals surface area contributed by atoms with Crippen LogP contribution in [0.25, 0.3) is 10.8 Å². The van der Waals surface area contributed by atoms with E-state index < -0.39 is 0 Å². The third-order valence-electron chi connectivity index (χ3n) is 3.06. The topological polar surface area (TPSA) is 50.7 Å². The van der Waals surface area contributed by atoms with Gasteiger partial charge in [0.25, 0.3) is 0 Å². The Morgan fingerprint density at radius 3 is 2.57 bits per heavy atom. The van der Waals surface area contributed by atoms with Gasteiger partial charge in [0.15, 0.2) is 10.8 Å². The first kappa shape index (κ1) is 16.0. The summed E-state index contributed by atoms with van der Waals surface area (Å²) in [5.74, 6) is 1.33. The second-order valence-corrected chi connectivity index (χ2v) is 6.83. The number of rotatable bonds is 7. The van der Waals surface area contributed by atoms with E-state index in [1.54, 1.807) is 11.3 Å². The van der Waals surface area contributed by atoms with Gasteiger partial charge >= 0.3 is 0 Å². The molecule has 0 spiro atoms. The molecule has 2 aromatic heterocycles. The van der Waals surface area contributed by atoms with Crippen molar-refractivity contribution in [2.24, 2.45) is 5.92 Å². The van der Waals surface area contributed by atoms with Crippen LogP contribution in [0.4, 0.5) is 0 Å². The van der Waals surface area contributed by atoms with Gasteiger partial charge in [0, 0.05) is 23.8 Å². The van der Waals surface area contributed by atoms with E-state index in [9.17, 15) is 0 Å². The molecule has 1 N–H and O–H groups in total. The van der Waals surface area contributed by atoms with Crippen LogP contribution in [0, 0.1) is 12.8 Å². The highest BCUT2D eigenvalue weighted by atomic mass is 32.1. The first-order valence-corrected chi connectivity index (χ1v) is 8.40. The van der Waals surface area contributed by atoms with Gasteiger partial charge < -0.3 is 5.32 Å². The Bertz CT molecular complexity index is 560. The van der Waals surface area contributed by atoms with E-state index in [4.69, 9.17) is 4.98 Å². The van der Waals surface area contributed by atoms with Crippen molar-refractivity contribution in [1.82, 2.24) is 20.3 Å². The SMILES string of the molecule is CCCNCc1sc(-c2ncc(C)cn2)nc1CC(C)C. The number of aryl methyl sites for hydroxylation is 1. The molecule has 0 bridgehead atoms. The molecule has 0 saturated carbocycles. The fourth-order valence-electron chi connectivity index (χ4n) is 2.05. The van der Waals surface area contributed by atoms with Gasteiger partial charge in [-0.3, -0.25) is 0 Å². The first-order valence-electron chi connectivity index (χ1n) is 7.58. The third kappa shape index (κ3) is 4.58. The Morgan fingerprint density at radius 1 is 1.24 bits per heavy atom. The quantitative estimate of drug-likeness (QED) is 0.794. The molecule has 0 fully saturated rings. The van der Waals surface area contributed by atoms with E-state index in [0.29, 0.717) is 5.92 Å². The normalized spacial score (nSPS) is 11.3. The smallest absolute Gasteiger partial charge is 0.188 e. The fourth-order valence-corrected chi connectivity index (χ4v) is 3.05. The van der Waals surface area contributed by atoms with Crippen LogP contribution in [-0.4, -0.2) is 21.5 Å². The van der Waals surface area contributed by atoms with Crippen LogP contribution >= 0.6 is 11.3 Å². The lowest BCUT2D eigenvalue weighted by Gasteiger charge is -2.05. The third-order valence-corrected chi connectivity index (χ3v) is 4.16. The molecular formula is C16H24N4S. The van der Waals surface area contributed by atoms with Crippen LogP contribution in [-0.2, 0) is 13.0 Å². The zero-order valence-corrected chi connectivity index (χ0v) is 14.1. The number of hydrogen-bond donors (Lipinski definition) is 1. The Hall–Kier alpha value is -1.33. The van der Waals surface area contributed by atoms with Crippen LogP contribution in [0.3, 0.4) is 0 Å². The minimum atomic E-state index is 0.601. The number of hydrogen-bond acceptors (Lipinski definition) is 5. The maximum absolute atomic E-state index is 4.78. The van der Waals surface area contributed by atoms with Gasteiger partial charge in [0.1, 0.15) is 0 Å². The van der Waals surface area contributed by atoms with E-state index in [-0.39, 0.29) is 0 Å². The summed E-state index contributed by atoms with van der Waals surface area (Å²) >= 11 is 1.71. The molecule has 2 aromatic rings. The predicted molar refractivity (Wildman–Crippen MR) is 88.4 cm³/mol. The molecule has 5 heteroatoms. The molecule has 0 aliphatic rings. The summed E-state index contributed by atoms with van der Waals surface area (Å²) in [4.78, 5) is 14.9. The zero-order chi connectivity index (χ0) is 15.2. The molecule has 0 unspecified atom stereocenters. The molecular weight excluding hydrogens is 280 g/mol. The maximum Gasteiger partial charge on any atom is 0.188 e. The summed E-state index contributed by atoms with van der Waals surface area (Å²) < 4.78 is 0. The molecule has 0 atom stereocenters. The largest absolute Gasteiger partial charge is 0.312 e. The molecule has 0 amide bonds. The van der Waals surface area contributed by atoms with Gasteiger partial charge in [-0.1, -0.05) is 20.8 Å². The van der Waals surface area contributed by atoms with E-state index >= 15 is 0 Å². The minimum Gasteiger partial charge on any atom is -0.312 e. The standard InChI is InChI=1S/C16H24N4S/c1-5-6-17-10-14-13(7-11(2)3)20-16(21-14)15-18-8-12(4)9-19-15/h8-9,11,17H,5-7,10H2,1-4H3. The van der Waals surface area contributed by atoms with E-state index in [1.807, 2.05) is 19.3 Å². The molecule has 0 saturated heterocycles. The summed E-state index contributed by atoms with van der Waals surface area (Å²) in [6.45, 7) is 10.6. The van der Waals surface area contributed by atoms with Crippen LogP contribution in [0.5, 0.6) is 0 Å². The highest BCUT2D eigenvalue weighted by Gasteiger charge is 2.15. The summed E-state index contributed by atoms with van der Waals surface area (Å²) in [6, 6.07) is 0. The average Bonchev–Trinajstić information content (AvgIpc) is 2.82. The van der Waals surface area contributed by atoms with E-state index in [0.717, 1.165) is 42.3 Å². The van der Waals surface area contributed by atoms with Gasteiger partial charge in [-0.15, -0.1) is 11.3 Å². The van der Waals surface area contributed by atoms with Crippen molar-refractivity contribution in [1.29, 1.82) is 0 Å². The van der Waals surface area contributed by atoms with E-state index in [2.05, 4.69) is 36.1 Å². The minimum absolute atomic E-state index is 0.601. The number of aromatic nitrogens is 3. The lowest BCUT2D eigenvalue weighted by atomic mass is 10.1. The van der Waals surface area contributed by atoms with Gasteiger partial charge in [0.05, 0.1) is 5.69 Å². The molecule has 0 aromatic carbocycles. The number of thiazole rings is 1. The molecule has 0 aliphatic heterocycles. The fraction of sp³-hybridized carbons (Fsp3) is 0.562. The Balaban J connectivity index is 2.23. The second kappa shape index (κ2) is 7.61. The molecule has 2 heterocycles. The molecule has 21 heavy (non-hydrogen) atoms. The van der Waals surface area contributed by atoms with Crippen molar-refractivity contribution < 1.29 is 0 Å². The van der Waals surface area contributed by atoms with Crippen LogP contribution < -0.4 is 5.32 Å². The molecule has 114 valence electrons. The van der Waals surface area contributed by atoms with Gasteiger partial charge in [-0.25, -0.2) is 15.0 Å². The highest BCUT2D eigenvalue weighted by Crippen LogP contribution is 2.27. The van der Waals surface area contributed by atoms with Crippen molar-refractivity contribution in [2.75, 3.05) is 6.54 Å². The molecule has 4 nitrogen and oxygen atoms in total. The predicted octanol–water partition coefficient (Wildman–Crippen LogP) is 3.61. The summed E-state index contributed by atoms with van der Waals surface area (Å²) in [5, 5.41) is 4.40. The molecule has 0 radical (unpaired) electrons. The number of nitrogens with one attached hydrogen (secondary N) is 1. The zero-order valence-electron chi connectivity index (χ0n) is 13.3. The Kier molecular flexibility index (Phi) is 5.82. The highest BCUT2D eigenvalue weighted by molar-refractivity contribution is 7.15. The second-order valence-electron chi connectivity index (χ2n) is 5.75. The lowest BCUT2D eigenvalue weighted by Crippen LogP contribution is -2.14. The van der Waals surface area contributed by atoms with Crippen molar-refractivity contribution in [3.8, 4) is 10.8 Å². The van der Waals surface area contributed by atoms with Crippen molar-refractivity contribution >= 4 is 11.3 Å². The Morgan fingerprint density at radius 2 is 1.95 bits per heavy atom. The number of nitrogens with zero attached hydrogens (tertiary/aromatic N) is 3.